The summed E-state index contributed by atoms with van der Waals surface area (Å²) in [4.78, 5) is 14.2. The Morgan fingerprint density at radius 2 is 2.00 bits per heavy atom. The van der Waals surface area contributed by atoms with Gasteiger partial charge in [-0.1, -0.05) is 0 Å². The molecule has 4 heteroatoms. The van der Waals surface area contributed by atoms with Gasteiger partial charge < -0.3 is 0 Å². The number of carbonyl (C=O) groups is 1. The predicted molar refractivity (Wildman–Crippen MR) is 65.4 cm³/mol. The van der Waals surface area contributed by atoms with E-state index in [1.807, 2.05) is 13.8 Å². The molecule has 0 aromatic heterocycles. The van der Waals surface area contributed by atoms with Crippen LogP contribution >= 0.6 is 0 Å². The zero-order valence-corrected chi connectivity index (χ0v) is 14.1. The van der Waals surface area contributed by atoms with E-state index in [1.54, 1.807) is 0 Å². The van der Waals surface area contributed by atoms with Crippen LogP contribution in [0.5, 0.6) is 0 Å². The molecule has 0 aromatic carbocycles. The summed E-state index contributed by atoms with van der Waals surface area (Å²) >= 11 is 1.24. The Labute approximate surface area is 114 Å². The van der Waals surface area contributed by atoms with E-state index >= 15 is 0 Å². The molecule has 0 aliphatic carbocycles. The van der Waals surface area contributed by atoms with Crippen molar-refractivity contribution in [3.05, 3.63) is 11.1 Å². The summed E-state index contributed by atoms with van der Waals surface area (Å²) in [6.45, 7) is 6.60. The van der Waals surface area contributed by atoms with Gasteiger partial charge in [-0.05, 0) is 0 Å². The zero-order valence-electron chi connectivity index (χ0n) is 10.2. The van der Waals surface area contributed by atoms with Crippen molar-refractivity contribution in [2.45, 2.75) is 33.1 Å². The molecule has 1 aliphatic heterocycles. The molecular formula is C12H20NO2Pb. The van der Waals surface area contributed by atoms with Crippen LogP contribution in [0.2, 0.25) is 0 Å². The van der Waals surface area contributed by atoms with Crippen LogP contribution in [0.4, 0.5) is 0 Å². The van der Waals surface area contributed by atoms with E-state index in [2.05, 4.69) is 4.90 Å². The second kappa shape index (κ2) is 7.42. The van der Waals surface area contributed by atoms with Crippen LogP contribution in [-0.4, -0.2) is 60.4 Å². The van der Waals surface area contributed by atoms with Gasteiger partial charge in [0.25, 0.3) is 0 Å². The molecule has 0 amide bonds. The fourth-order valence-corrected chi connectivity index (χ4v) is 3.27. The maximum atomic E-state index is 11.7. The second-order valence-corrected chi connectivity index (χ2v) is 5.16. The average molecular weight is 417 g/mol. The molecule has 89 valence electrons. The molecule has 0 saturated carbocycles. The van der Waals surface area contributed by atoms with Crippen molar-refractivity contribution < 1.29 is 9.53 Å². The van der Waals surface area contributed by atoms with E-state index in [4.69, 9.17) is 4.74 Å². The van der Waals surface area contributed by atoms with Crippen molar-refractivity contribution in [1.29, 1.82) is 0 Å². The van der Waals surface area contributed by atoms with E-state index in [0.717, 1.165) is 37.9 Å². The third-order valence-corrected chi connectivity index (χ3v) is 4.72. The van der Waals surface area contributed by atoms with Crippen LogP contribution in [0.3, 0.4) is 0 Å². The molecule has 0 aromatic rings. The first-order valence-electron chi connectivity index (χ1n) is 5.97. The number of likely N-dealkylation sites (tertiary alicyclic amines) is 1. The Kier molecular flexibility index (Phi) is 6.57. The Morgan fingerprint density at radius 3 is 2.44 bits per heavy atom. The molecule has 0 spiro atoms. The molecule has 0 bridgehead atoms. The molecule has 1 saturated heterocycles. The first-order valence-corrected chi connectivity index (χ1v) is 8.72. The predicted octanol–water partition coefficient (Wildman–Crippen LogP) is 1.48. The third-order valence-electron chi connectivity index (χ3n) is 2.99. The van der Waals surface area contributed by atoms with Gasteiger partial charge in [-0.15, -0.1) is 0 Å². The zero-order chi connectivity index (χ0) is 12.0. The summed E-state index contributed by atoms with van der Waals surface area (Å²) in [7, 11) is 0. The van der Waals surface area contributed by atoms with E-state index in [-0.39, 0.29) is 5.97 Å². The van der Waals surface area contributed by atoms with Crippen LogP contribution < -0.4 is 0 Å². The number of carbonyl (C=O) groups excluding carboxylic acids is 1. The molecule has 16 heavy (non-hydrogen) atoms. The van der Waals surface area contributed by atoms with Gasteiger partial charge in [-0.2, -0.15) is 0 Å². The summed E-state index contributed by atoms with van der Waals surface area (Å²) in [5.74, 6) is -0.0978. The molecule has 0 unspecified atom stereocenters. The fraction of sp³-hybridized carbons (Fsp3) is 0.750. The molecule has 1 rings (SSSR count). The topological polar surface area (TPSA) is 29.5 Å². The van der Waals surface area contributed by atoms with Crippen molar-refractivity contribution in [2.75, 3.05) is 23.8 Å². The molecule has 1 fully saturated rings. The van der Waals surface area contributed by atoms with Gasteiger partial charge in [-0.3, -0.25) is 0 Å². The Morgan fingerprint density at radius 1 is 1.38 bits per heavy atom. The molecule has 0 atom stereocenters. The van der Waals surface area contributed by atoms with E-state index in [9.17, 15) is 4.79 Å². The summed E-state index contributed by atoms with van der Waals surface area (Å²) < 4.78 is 6.34. The molecule has 3 nitrogen and oxygen atoms in total. The van der Waals surface area contributed by atoms with E-state index < -0.39 is 0 Å². The van der Waals surface area contributed by atoms with Crippen molar-refractivity contribution >= 4 is 31.7 Å². The van der Waals surface area contributed by atoms with Crippen molar-refractivity contribution in [1.82, 2.24) is 4.90 Å². The van der Waals surface area contributed by atoms with Crippen LogP contribution in [-0.2, 0) is 9.53 Å². The Bertz CT molecular complexity index is 266. The molecule has 1 aliphatic rings. The second-order valence-electron chi connectivity index (χ2n) is 3.93. The summed E-state index contributed by atoms with van der Waals surface area (Å²) in [5.41, 5.74) is 2.25. The van der Waals surface area contributed by atoms with Crippen molar-refractivity contribution in [3.8, 4) is 0 Å². The van der Waals surface area contributed by atoms with Crippen molar-refractivity contribution in [2.24, 2.45) is 0 Å². The van der Waals surface area contributed by atoms with Gasteiger partial charge in [0.05, 0.1) is 0 Å². The first-order chi connectivity index (χ1) is 7.72. The average Bonchev–Trinajstić information content (AvgIpc) is 2.31. The Balaban J connectivity index is 2.66. The van der Waals surface area contributed by atoms with Gasteiger partial charge in [-0.25, -0.2) is 0 Å². The molecular weight excluding hydrogens is 397 g/mol. The van der Waals surface area contributed by atoms with Gasteiger partial charge >= 0.3 is 114 Å². The first kappa shape index (κ1) is 14.2. The number of nitrogens with zero attached hydrogens (tertiary/aromatic N) is 1. The number of piperidine rings is 1. The normalized spacial score (nSPS) is 17.3. The van der Waals surface area contributed by atoms with Gasteiger partial charge in [0.15, 0.2) is 0 Å². The number of hydrogen-bond donors (Lipinski definition) is 0. The minimum atomic E-state index is -0.0978. The van der Waals surface area contributed by atoms with Crippen molar-refractivity contribution in [3.63, 3.8) is 0 Å². The minimum absolute atomic E-state index is 0.0978. The molecule has 1 heterocycles. The maximum absolute atomic E-state index is 11.7. The summed E-state index contributed by atoms with van der Waals surface area (Å²) in [5, 5.41) is 0. The number of esters is 1. The SMILES string of the molecule is CCOC(=O)C(CC)=C1CCN([CH2][Pb])CC1. The monoisotopic (exact) mass is 418 g/mol. The van der Waals surface area contributed by atoms with Gasteiger partial charge in [0, 0.05) is 0 Å². The molecule has 0 N–H and O–H groups in total. The third kappa shape index (κ3) is 3.84. The van der Waals surface area contributed by atoms with E-state index in [1.165, 1.54) is 35.4 Å². The van der Waals surface area contributed by atoms with E-state index in [0.29, 0.717) is 6.61 Å². The number of hydrogen-bond acceptors (Lipinski definition) is 3. The molecule has 3 radical (unpaired) electrons. The van der Waals surface area contributed by atoms with Crippen LogP contribution in [0.15, 0.2) is 11.1 Å². The summed E-state index contributed by atoms with van der Waals surface area (Å²) in [6.07, 6.45) is 2.89. The van der Waals surface area contributed by atoms with Crippen LogP contribution in [0.25, 0.3) is 0 Å². The van der Waals surface area contributed by atoms with Crippen LogP contribution in [0, 0.1) is 0 Å². The standard InChI is InChI=1S/C12H20NO2.Pb/c1-4-11(12(14)15-5-2)10-6-8-13(3)9-7-10;/h3-9H2,1-2H3;. The quantitative estimate of drug-likeness (QED) is 0.394. The summed E-state index contributed by atoms with van der Waals surface area (Å²) in [6, 6.07) is 0. The number of rotatable bonds is 4. The number of ether oxygens (including phenoxy) is 1. The fourth-order valence-electron chi connectivity index (χ4n) is 2.04. The van der Waals surface area contributed by atoms with Gasteiger partial charge in [0.2, 0.25) is 0 Å². The van der Waals surface area contributed by atoms with Gasteiger partial charge in [0.1, 0.15) is 0 Å². The van der Waals surface area contributed by atoms with Crippen LogP contribution in [0.1, 0.15) is 33.1 Å². The Hall–Kier alpha value is 0.0921.